The van der Waals surface area contributed by atoms with Crippen LogP contribution in [0.2, 0.25) is 0 Å². The van der Waals surface area contributed by atoms with Gasteiger partial charge in [0.05, 0.1) is 0 Å². The number of anilines is 1. The SMILES string of the molecule is Cc1ccc(NN)s1. The van der Waals surface area contributed by atoms with Gasteiger partial charge in [-0.25, -0.2) is 5.84 Å². The molecule has 0 saturated carbocycles. The lowest BCUT2D eigenvalue weighted by Gasteiger charge is -1.87. The monoisotopic (exact) mass is 128 g/mol. The van der Waals surface area contributed by atoms with Crippen molar-refractivity contribution >= 4 is 16.3 Å². The maximum absolute atomic E-state index is 5.12. The number of hydrazine groups is 1. The average molecular weight is 128 g/mol. The highest BCUT2D eigenvalue weighted by Crippen LogP contribution is 2.18. The Hall–Kier alpha value is -0.540. The summed E-state index contributed by atoms with van der Waals surface area (Å²) in [6.07, 6.45) is 0. The average Bonchev–Trinajstić information content (AvgIpc) is 2.14. The minimum absolute atomic E-state index is 1.02. The molecule has 0 bridgehead atoms. The highest BCUT2D eigenvalue weighted by molar-refractivity contribution is 7.15. The molecule has 0 amide bonds. The number of thiophene rings is 1. The molecule has 0 radical (unpaired) electrons. The lowest BCUT2D eigenvalue weighted by Crippen LogP contribution is -2.03. The first-order chi connectivity index (χ1) is 3.83. The van der Waals surface area contributed by atoms with Gasteiger partial charge >= 0.3 is 0 Å². The fourth-order valence-corrected chi connectivity index (χ4v) is 1.19. The molecule has 44 valence electrons. The van der Waals surface area contributed by atoms with E-state index in [9.17, 15) is 0 Å². The van der Waals surface area contributed by atoms with E-state index in [1.165, 1.54) is 4.88 Å². The standard InChI is InChI=1S/C5H8N2S/c1-4-2-3-5(7-6)8-4/h2-3,7H,6H2,1H3. The molecule has 0 saturated heterocycles. The number of rotatable bonds is 1. The maximum Gasteiger partial charge on any atom is 0.103 e. The first kappa shape index (κ1) is 5.59. The van der Waals surface area contributed by atoms with Gasteiger partial charge in [0, 0.05) is 4.88 Å². The van der Waals surface area contributed by atoms with Crippen LogP contribution in [0.4, 0.5) is 5.00 Å². The predicted molar refractivity (Wildman–Crippen MR) is 36.9 cm³/mol. The van der Waals surface area contributed by atoms with E-state index in [1.807, 2.05) is 19.1 Å². The molecule has 0 atom stereocenters. The summed E-state index contributed by atoms with van der Waals surface area (Å²) >= 11 is 1.65. The van der Waals surface area contributed by atoms with Crippen LogP contribution in [0, 0.1) is 6.92 Å². The fourth-order valence-electron chi connectivity index (χ4n) is 0.512. The second kappa shape index (κ2) is 2.15. The summed E-state index contributed by atoms with van der Waals surface area (Å²) in [4.78, 5) is 1.28. The smallest absolute Gasteiger partial charge is 0.103 e. The van der Waals surface area contributed by atoms with Crippen LogP contribution < -0.4 is 11.3 Å². The van der Waals surface area contributed by atoms with Gasteiger partial charge in [0.1, 0.15) is 5.00 Å². The van der Waals surface area contributed by atoms with E-state index in [0.717, 1.165) is 5.00 Å². The number of nitrogens with two attached hydrogens (primary N) is 1. The quantitative estimate of drug-likeness (QED) is 0.442. The molecule has 0 unspecified atom stereocenters. The van der Waals surface area contributed by atoms with E-state index in [2.05, 4.69) is 5.43 Å². The van der Waals surface area contributed by atoms with E-state index in [1.54, 1.807) is 11.3 Å². The van der Waals surface area contributed by atoms with E-state index in [4.69, 9.17) is 5.84 Å². The topological polar surface area (TPSA) is 38.0 Å². The summed E-state index contributed by atoms with van der Waals surface area (Å²) in [6, 6.07) is 3.99. The molecule has 1 aromatic rings. The molecule has 0 aliphatic heterocycles. The van der Waals surface area contributed by atoms with Gasteiger partial charge < -0.3 is 5.43 Å². The molecule has 1 heterocycles. The maximum atomic E-state index is 5.12. The van der Waals surface area contributed by atoms with Crippen molar-refractivity contribution in [3.05, 3.63) is 17.0 Å². The molecular weight excluding hydrogens is 120 g/mol. The highest BCUT2D eigenvalue weighted by Gasteiger charge is 1.89. The van der Waals surface area contributed by atoms with Gasteiger partial charge in [-0.2, -0.15) is 0 Å². The molecule has 3 heteroatoms. The van der Waals surface area contributed by atoms with E-state index < -0.39 is 0 Å². The van der Waals surface area contributed by atoms with Crippen LogP contribution >= 0.6 is 11.3 Å². The van der Waals surface area contributed by atoms with Crippen LogP contribution in [-0.4, -0.2) is 0 Å². The molecular formula is C5H8N2S. The summed E-state index contributed by atoms with van der Waals surface area (Å²) in [7, 11) is 0. The molecule has 0 aromatic carbocycles. The number of nitrogen functional groups attached to an aromatic ring is 1. The Balaban J connectivity index is 2.84. The Morgan fingerprint density at radius 2 is 2.38 bits per heavy atom. The lowest BCUT2D eigenvalue weighted by molar-refractivity contribution is 1.39. The van der Waals surface area contributed by atoms with Gasteiger partial charge in [-0.3, -0.25) is 0 Å². The zero-order chi connectivity index (χ0) is 5.98. The third-order valence-corrected chi connectivity index (χ3v) is 1.81. The Morgan fingerprint density at radius 1 is 1.62 bits per heavy atom. The number of aryl methyl sites for hydroxylation is 1. The van der Waals surface area contributed by atoms with Gasteiger partial charge in [-0.15, -0.1) is 11.3 Å². The predicted octanol–water partition coefficient (Wildman–Crippen LogP) is 1.34. The van der Waals surface area contributed by atoms with Gasteiger partial charge in [-0.1, -0.05) is 0 Å². The van der Waals surface area contributed by atoms with Crippen molar-refractivity contribution in [2.24, 2.45) is 5.84 Å². The summed E-state index contributed by atoms with van der Waals surface area (Å²) in [6.45, 7) is 2.05. The normalized spacial score (nSPS) is 9.25. The Labute approximate surface area is 52.3 Å². The van der Waals surface area contributed by atoms with Crippen molar-refractivity contribution in [3.63, 3.8) is 0 Å². The van der Waals surface area contributed by atoms with E-state index in [0.29, 0.717) is 0 Å². The Bertz CT molecular complexity index is 171. The van der Waals surface area contributed by atoms with Crippen molar-refractivity contribution in [1.29, 1.82) is 0 Å². The first-order valence-corrected chi connectivity index (χ1v) is 3.17. The highest BCUT2D eigenvalue weighted by atomic mass is 32.1. The molecule has 0 aliphatic rings. The van der Waals surface area contributed by atoms with E-state index >= 15 is 0 Å². The molecule has 1 rings (SSSR count). The van der Waals surface area contributed by atoms with Crippen LogP contribution in [0.15, 0.2) is 12.1 Å². The third-order valence-electron chi connectivity index (χ3n) is 0.883. The number of hydrogen-bond donors (Lipinski definition) is 2. The Kier molecular flexibility index (Phi) is 1.50. The molecule has 3 N–H and O–H groups in total. The van der Waals surface area contributed by atoms with Crippen LogP contribution in [-0.2, 0) is 0 Å². The minimum Gasteiger partial charge on any atom is -0.315 e. The van der Waals surface area contributed by atoms with Gasteiger partial charge in [0.15, 0.2) is 0 Å². The van der Waals surface area contributed by atoms with Crippen molar-refractivity contribution in [1.82, 2.24) is 0 Å². The summed E-state index contributed by atoms with van der Waals surface area (Å²) in [5.41, 5.74) is 2.57. The molecule has 0 fully saturated rings. The number of hydrogen-bond acceptors (Lipinski definition) is 3. The van der Waals surface area contributed by atoms with Crippen molar-refractivity contribution in [2.75, 3.05) is 5.43 Å². The zero-order valence-corrected chi connectivity index (χ0v) is 5.46. The van der Waals surface area contributed by atoms with Gasteiger partial charge in [-0.05, 0) is 19.1 Å². The van der Waals surface area contributed by atoms with Crippen LogP contribution in [0.25, 0.3) is 0 Å². The zero-order valence-electron chi connectivity index (χ0n) is 4.64. The van der Waals surface area contributed by atoms with Gasteiger partial charge in [0.2, 0.25) is 0 Å². The van der Waals surface area contributed by atoms with Crippen LogP contribution in [0.3, 0.4) is 0 Å². The second-order valence-corrected chi connectivity index (χ2v) is 2.84. The van der Waals surface area contributed by atoms with Crippen molar-refractivity contribution in [3.8, 4) is 0 Å². The van der Waals surface area contributed by atoms with Crippen LogP contribution in [0.5, 0.6) is 0 Å². The molecule has 2 nitrogen and oxygen atoms in total. The molecule has 0 spiro atoms. The fraction of sp³-hybridized carbons (Fsp3) is 0.200. The minimum atomic E-state index is 1.02. The Morgan fingerprint density at radius 3 is 2.62 bits per heavy atom. The largest absolute Gasteiger partial charge is 0.315 e. The summed E-state index contributed by atoms with van der Waals surface area (Å²) in [5.74, 6) is 5.12. The van der Waals surface area contributed by atoms with Crippen molar-refractivity contribution < 1.29 is 0 Å². The molecule has 1 aromatic heterocycles. The second-order valence-electron chi connectivity index (χ2n) is 1.55. The number of nitrogens with one attached hydrogen (secondary N) is 1. The van der Waals surface area contributed by atoms with E-state index in [-0.39, 0.29) is 0 Å². The van der Waals surface area contributed by atoms with Crippen LogP contribution in [0.1, 0.15) is 4.88 Å². The molecule has 8 heavy (non-hydrogen) atoms. The molecule has 0 aliphatic carbocycles. The summed E-state index contributed by atoms with van der Waals surface area (Å²) < 4.78 is 0. The first-order valence-electron chi connectivity index (χ1n) is 2.36. The van der Waals surface area contributed by atoms with Crippen molar-refractivity contribution in [2.45, 2.75) is 6.92 Å². The summed E-state index contributed by atoms with van der Waals surface area (Å²) in [5, 5.41) is 1.02. The third kappa shape index (κ3) is 0.993. The van der Waals surface area contributed by atoms with Gasteiger partial charge in [0.25, 0.3) is 0 Å². The lowest BCUT2D eigenvalue weighted by atomic mass is 10.5.